The molecule has 4 nitrogen and oxygen atoms in total. The number of halogens is 1. The monoisotopic (exact) mass is 315 g/mol. The van der Waals surface area contributed by atoms with Gasteiger partial charge in [0.2, 0.25) is 0 Å². The number of carbonyl (C=O) groups is 1. The minimum Gasteiger partial charge on any atom is -0.319 e. The van der Waals surface area contributed by atoms with E-state index in [-0.39, 0.29) is 11.8 Å². The summed E-state index contributed by atoms with van der Waals surface area (Å²) in [6, 6.07) is 15.4. The third-order valence-corrected chi connectivity index (χ3v) is 3.42. The van der Waals surface area contributed by atoms with E-state index in [9.17, 15) is 9.18 Å². The molecule has 0 radical (unpaired) electrons. The van der Waals surface area contributed by atoms with Crippen molar-refractivity contribution >= 4 is 11.7 Å². The number of nitrogens with one attached hydrogen (secondary N) is 1. The van der Waals surface area contributed by atoms with Crippen LogP contribution in [0.15, 0.2) is 54.6 Å². The summed E-state index contributed by atoms with van der Waals surface area (Å²) in [6.45, 7) is 1.90. The van der Waals surface area contributed by atoms with Crippen LogP contribution in [0, 0.1) is 5.82 Å². The smallest absolute Gasteiger partial charge is 0.319 e. The van der Waals surface area contributed by atoms with E-state index in [2.05, 4.69) is 5.32 Å². The molecule has 0 aromatic heterocycles. The van der Waals surface area contributed by atoms with Gasteiger partial charge in [-0.25, -0.2) is 9.18 Å². The molecule has 23 heavy (non-hydrogen) atoms. The lowest BCUT2D eigenvalue weighted by Crippen LogP contribution is -2.39. The Bertz CT molecular complexity index is 614. The van der Waals surface area contributed by atoms with Crippen molar-refractivity contribution in [2.24, 2.45) is 0 Å². The molecule has 122 valence electrons. The van der Waals surface area contributed by atoms with E-state index in [1.165, 1.54) is 12.1 Å². The van der Waals surface area contributed by atoms with Crippen molar-refractivity contribution in [1.29, 1.82) is 0 Å². The van der Waals surface area contributed by atoms with Crippen molar-refractivity contribution in [1.82, 2.24) is 9.80 Å². The summed E-state index contributed by atoms with van der Waals surface area (Å²) < 4.78 is 13.0. The van der Waals surface area contributed by atoms with Crippen molar-refractivity contribution in [3.8, 4) is 0 Å². The Labute approximate surface area is 136 Å². The second kappa shape index (κ2) is 8.29. The zero-order valence-corrected chi connectivity index (χ0v) is 13.5. The Morgan fingerprint density at radius 1 is 1.00 bits per heavy atom. The van der Waals surface area contributed by atoms with Crippen LogP contribution in [-0.4, -0.2) is 43.0 Å². The lowest BCUT2D eigenvalue weighted by molar-refractivity contribution is 0.202. The Morgan fingerprint density at radius 2 is 1.65 bits per heavy atom. The Kier molecular flexibility index (Phi) is 6.11. The van der Waals surface area contributed by atoms with Crippen molar-refractivity contribution in [2.45, 2.75) is 6.54 Å². The molecule has 1 N–H and O–H groups in total. The van der Waals surface area contributed by atoms with Crippen molar-refractivity contribution < 1.29 is 9.18 Å². The van der Waals surface area contributed by atoms with Crippen LogP contribution in [0.25, 0.3) is 0 Å². The number of anilines is 1. The highest BCUT2D eigenvalue weighted by Crippen LogP contribution is 2.11. The fourth-order valence-electron chi connectivity index (χ4n) is 2.11. The van der Waals surface area contributed by atoms with Gasteiger partial charge in [-0.15, -0.1) is 0 Å². The average Bonchev–Trinajstić information content (AvgIpc) is 2.54. The van der Waals surface area contributed by atoms with Gasteiger partial charge in [0.1, 0.15) is 5.82 Å². The Morgan fingerprint density at radius 3 is 2.26 bits per heavy atom. The predicted molar refractivity (Wildman–Crippen MR) is 90.8 cm³/mol. The molecule has 2 amide bonds. The largest absolute Gasteiger partial charge is 0.322 e. The lowest BCUT2D eigenvalue weighted by atomic mass is 10.2. The van der Waals surface area contributed by atoms with Gasteiger partial charge in [-0.2, -0.15) is 0 Å². The first-order valence-electron chi connectivity index (χ1n) is 7.55. The SMILES string of the molecule is CN(C)CCN(Cc1ccccc1)C(=O)Nc1ccc(F)cc1. The standard InChI is InChI=1S/C18H22FN3O/c1-21(2)12-13-22(14-15-6-4-3-5-7-15)18(23)20-17-10-8-16(19)9-11-17/h3-11H,12-14H2,1-2H3,(H,20,23). The molecular weight excluding hydrogens is 293 g/mol. The molecule has 0 unspecified atom stereocenters. The van der Waals surface area contributed by atoms with Crippen LogP contribution in [0.2, 0.25) is 0 Å². The molecule has 0 saturated carbocycles. The van der Waals surface area contributed by atoms with Crippen molar-refractivity contribution in [2.75, 3.05) is 32.5 Å². The molecule has 0 atom stereocenters. The van der Waals surface area contributed by atoms with Crippen LogP contribution >= 0.6 is 0 Å². The number of carbonyl (C=O) groups excluding carboxylic acids is 1. The van der Waals surface area contributed by atoms with E-state index >= 15 is 0 Å². The van der Waals surface area contributed by atoms with E-state index in [0.29, 0.717) is 18.8 Å². The topological polar surface area (TPSA) is 35.6 Å². The van der Waals surface area contributed by atoms with Crippen LogP contribution in [0.3, 0.4) is 0 Å². The van der Waals surface area contributed by atoms with Crippen molar-refractivity contribution in [3.05, 3.63) is 66.0 Å². The van der Waals surface area contributed by atoms with Gasteiger partial charge in [-0.05, 0) is 43.9 Å². The highest BCUT2D eigenvalue weighted by molar-refractivity contribution is 5.89. The highest BCUT2D eigenvalue weighted by Gasteiger charge is 2.14. The molecule has 2 rings (SSSR count). The van der Waals surface area contributed by atoms with Gasteiger partial charge in [0.05, 0.1) is 0 Å². The first-order valence-corrected chi connectivity index (χ1v) is 7.55. The molecule has 2 aromatic rings. The maximum Gasteiger partial charge on any atom is 0.322 e. The number of hydrogen-bond donors (Lipinski definition) is 1. The van der Waals surface area contributed by atoms with E-state index < -0.39 is 0 Å². The quantitative estimate of drug-likeness (QED) is 0.886. The van der Waals surface area contributed by atoms with Crippen LogP contribution in [0.1, 0.15) is 5.56 Å². The summed E-state index contributed by atoms with van der Waals surface area (Å²) in [5.41, 5.74) is 1.65. The molecule has 0 heterocycles. The molecule has 5 heteroatoms. The first kappa shape index (κ1) is 17.0. The number of rotatable bonds is 6. The van der Waals surface area contributed by atoms with Crippen LogP contribution in [-0.2, 0) is 6.54 Å². The Hall–Kier alpha value is -2.40. The minimum absolute atomic E-state index is 0.192. The Balaban J connectivity index is 2.05. The maximum absolute atomic E-state index is 13.0. The molecule has 0 bridgehead atoms. The summed E-state index contributed by atoms with van der Waals surface area (Å²) in [5.74, 6) is -0.322. The summed E-state index contributed by atoms with van der Waals surface area (Å²) in [4.78, 5) is 16.3. The summed E-state index contributed by atoms with van der Waals surface area (Å²) in [6.07, 6.45) is 0. The number of benzene rings is 2. The molecule has 0 fully saturated rings. The van der Waals surface area contributed by atoms with Crippen LogP contribution < -0.4 is 5.32 Å². The van der Waals surface area contributed by atoms with E-state index in [1.54, 1.807) is 17.0 Å². The van der Waals surface area contributed by atoms with Gasteiger partial charge in [0.25, 0.3) is 0 Å². The summed E-state index contributed by atoms with van der Waals surface area (Å²) in [5, 5.41) is 2.82. The number of amides is 2. The molecular formula is C18H22FN3O. The molecule has 0 aliphatic rings. The van der Waals surface area contributed by atoms with Gasteiger partial charge in [0, 0.05) is 25.3 Å². The number of nitrogens with zero attached hydrogens (tertiary/aromatic N) is 2. The third kappa shape index (κ3) is 5.71. The number of likely N-dealkylation sites (N-methyl/N-ethyl adjacent to an activating group) is 1. The number of hydrogen-bond acceptors (Lipinski definition) is 2. The fourth-order valence-corrected chi connectivity index (χ4v) is 2.11. The van der Waals surface area contributed by atoms with E-state index in [4.69, 9.17) is 0 Å². The van der Waals surface area contributed by atoms with E-state index in [1.807, 2.05) is 49.3 Å². The van der Waals surface area contributed by atoms with Crippen LogP contribution in [0.4, 0.5) is 14.9 Å². The molecule has 0 saturated heterocycles. The fraction of sp³-hybridized carbons (Fsp3) is 0.278. The summed E-state index contributed by atoms with van der Waals surface area (Å²) in [7, 11) is 3.94. The van der Waals surface area contributed by atoms with Gasteiger partial charge >= 0.3 is 6.03 Å². The molecule has 2 aromatic carbocycles. The minimum atomic E-state index is -0.322. The first-order chi connectivity index (χ1) is 11.0. The second-order valence-electron chi connectivity index (χ2n) is 5.65. The molecule has 0 spiro atoms. The van der Waals surface area contributed by atoms with Crippen molar-refractivity contribution in [3.63, 3.8) is 0 Å². The normalized spacial score (nSPS) is 10.6. The average molecular weight is 315 g/mol. The highest BCUT2D eigenvalue weighted by atomic mass is 19.1. The molecule has 0 aliphatic heterocycles. The number of urea groups is 1. The van der Waals surface area contributed by atoms with Gasteiger partial charge in [0.15, 0.2) is 0 Å². The predicted octanol–water partition coefficient (Wildman–Crippen LogP) is 3.42. The third-order valence-electron chi connectivity index (χ3n) is 3.42. The molecule has 0 aliphatic carbocycles. The second-order valence-corrected chi connectivity index (χ2v) is 5.65. The maximum atomic E-state index is 13.0. The zero-order valence-electron chi connectivity index (χ0n) is 13.5. The summed E-state index contributed by atoms with van der Waals surface area (Å²) >= 11 is 0. The van der Waals surface area contributed by atoms with Crippen LogP contribution in [0.5, 0.6) is 0 Å². The lowest BCUT2D eigenvalue weighted by Gasteiger charge is -2.25. The van der Waals surface area contributed by atoms with E-state index in [0.717, 1.165) is 12.1 Å². The van der Waals surface area contributed by atoms with Gasteiger partial charge < -0.3 is 15.1 Å². The van der Waals surface area contributed by atoms with Gasteiger partial charge in [-0.1, -0.05) is 30.3 Å². The zero-order chi connectivity index (χ0) is 16.7. The van der Waals surface area contributed by atoms with Gasteiger partial charge in [-0.3, -0.25) is 0 Å².